The number of alkyl halides is 1. The summed E-state index contributed by atoms with van der Waals surface area (Å²) >= 11 is 3.30. The smallest absolute Gasteiger partial charge is 0.193 e. The Bertz CT molecular complexity index is 2370. The van der Waals surface area contributed by atoms with Gasteiger partial charge in [0, 0.05) is 25.7 Å². The minimum atomic E-state index is -0.0542. The molecule has 0 amide bonds. The molecule has 81 heavy (non-hydrogen) atoms. The van der Waals surface area contributed by atoms with E-state index in [9.17, 15) is 19.2 Å². The van der Waals surface area contributed by atoms with Crippen molar-refractivity contribution in [1.82, 2.24) is 4.90 Å². The molecule has 452 valence electrons. The lowest BCUT2D eigenvalue weighted by molar-refractivity contribution is -0.927. The molecular formula is C71H108BrClIN3O4. The third kappa shape index (κ3) is 23.7. The third-order valence-electron chi connectivity index (χ3n) is 18.8. The summed E-state index contributed by atoms with van der Waals surface area (Å²) in [5, 5.41) is 0. The van der Waals surface area contributed by atoms with Crippen molar-refractivity contribution >= 4 is 39.1 Å². The van der Waals surface area contributed by atoms with Crippen LogP contribution in [0.25, 0.3) is 0 Å². The van der Waals surface area contributed by atoms with E-state index < -0.39 is 0 Å². The van der Waals surface area contributed by atoms with Gasteiger partial charge in [-0.25, -0.2) is 0 Å². The normalized spacial score (nSPS) is 17.9. The molecule has 0 bridgehead atoms. The van der Waals surface area contributed by atoms with Crippen LogP contribution in [-0.2, 0) is 44.9 Å². The summed E-state index contributed by atoms with van der Waals surface area (Å²) in [6.45, 7) is 31.7. The maximum absolute atomic E-state index is 12.7. The lowest BCUT2D eigenvalue weighted by Crippen LogP contribution is -3.00. The molecule has 0 radical (unpaired) electrons. The van der Waals surface area contributed by atoms with Gasteiger partial charge in [0.2, 0.25) is 0 Å². The Hall–Kier alpha value is -3.06. The van der Waals surface area contributed by atoms with Crippen LogP contribution in [0.3, 0.4) is 0 Å². The Morgan fingerprint density at radius 2 is 0.617 bits per heavy atom. The molecule has 7 nitrogen and oxygen atoms in total. The molecule has 3 heterocycles. The number of likely N-dealkylation sites (tertiary alicyclic amines) is 3. The molecule has 4 atom stereocenters. The number of benzene rings is 4. The van der Waals surface area contributed by atoms with Gasteiger partial charge in [-0.1, -0.05) is 134 Å². The van der Waals surface area contributed by atoms with Gasteiger partial charge in [-0.2, -0.15) is 0 Å². The van der Waals surface area contributed by atoms with Crippen LogP contribution < -0.4 is 36.4 Å². The van der Waals surface area contributed by atoms with Gasteiger partial charge < -0.3 is 45.3 Å². The Morgan fingerprint density at radius 3 is 0.877 bits per heavy atom. The fraction of sp³-hybridized carbons (Fsp3) is 0.606. The Labute approximate surface area is 525 Å². The second-order valence-corrected chi connectivity index (χ2v) is 26.3. The number of likely N-dealkylation sites (N-methyl/N-ethyl adjacent to an activating group) is 2. The van der Waals surface area contributed by atoms with Crippen LogP contribution in [0.1, 0.15) is 191 Å². The minimum absolute atomic E-state index is 0. The zero-order valence-corrected chi connectivity index (χ0v) is 57.5. The molecular weight excluding hydrogens is 1200 g/mol. The second-order valence-electron chi connectivity index (χ2n) is 24.9. The molecule has 10 heteroatoms. The van der Waals surface area contributed by atoms with E-state index in [0.717, 1.165) is 48.2 Å². The fourth-order valence-corrected chi connectivity index (χ4v) is 12.5. The zero-order chi connectivity index (χ0) is 58.3. The summed E-state index contributed by atoms with van der Waals surface area (Å²) < 4.78 is 1.87. The lowest BCUT2D eigenvalue weighted by atomic mass is 9.94. The number of piperidine rings is 3. The molecule has 4 aliphatic rings. The van der Waals surface area contributed by atoms with E-state index in [1.807, 2.05) is 13.0 Å². The second kappa shape index (κ2) is 37.4. The number of Topliss-reactive ketones (excluding diaryl/α,β-unsaturated/α-hetero) is 4. The number of carbonyl (C=O) groups is 4. The highest BCUT2D eigenvalue weighted by Crippen LogP contribution is 2.26. The fourth-order valence-electron chi connectivity index (χ4n) is 12.3. The standard InChI is InChI=1S/2C18H28NO.C17H25NO.C12H15BrO.C6H12.ClH.HI/c2*1-14-9-8-10-15(2)17(14)13-18(20)16(3)19(4)11-6-5-7-12-19;1-13-8-7-9-14(2)16(13)12-17(19)15(3)18-10-5-4-6-11-18;1-8-5-4-6-9(2)11(8)7-12(14)10(3)13;1-2-4-6-5-3-1;;/h2*8-10,16H,5-7,11-13H2,1-4H3;7-9,15H,4-6,10-12H2,1-3H3;4-6,10H,7H2,1-3H3;1-6H2;2*1H/q2*+1;;;;;/p-2. The summed E-state index contributed by atoms with van der Waals surface area (Å²) in [5.41, 5.74) is 14.7. The van der Waals surface area contributed by atoms with Gasteiger partial charge in [0.25, 0.3) is 0 Å². The van der Waals surface area contributed by atoms with E-state index in [4.69, 9.17) is 0 Å². The van der Waals surface area contributed by atoms with Crippen molar-refractivity contribution in [1.29, 1.82) is 0 Å². The first-order valence-electron chi connectivity index (χ1n) is 30.9. The van der Waals surface area contributed by atoms with E-state index in [2.05, 4.69) is 178 Å². The number of hydrogen-bond acceptors (Lipinski definition) is 5. The van der Waals surface area contributed by atoms with Crippen molar-refractivity contribution in [2.24, 2.45) is 0 Å². The maximum Gasteiger partial charge on any atom is 0.193 e. The van der Waals surface area contributed by atoms with E-state index in [1.54, 1.807) is 0 Å². The van der Waals surface area contributed by atoms with Crippen molar-refractivity contribution < 1.29 is 64.5 Å². The van der Waals surface area contributed by atoms with Crippen molar-refractivity contribution in [3.05, 3.63) is 140 Å². The van der Waals surface area contributed by atoms with Gasteiger partial charge in [0.05, 0.1) is 51.1 Å². The molecule has 8 rings (SSSR count). The van der Waals surface area contributed by atoms with Gasteiger partial charge in [-0.3, -0.25) is 24.1 Å². The summed E-state index contributed by atoms with van der Waals surface area (Å²) in [4.78, 5) is 51.7. The van der Waals surface area contributed by atoms with Crippen LogP contribution in [-0.4, -0.2) is 113 Å². The van der Waals surface area contributed by atoms with Crippen LogP contribution in [0, 0.1) is 55.4 Å². The highest BCUT2D eigenvalue weighted by Gasteiger charge is 2.37. The SMILES string of the molecule is C1CCCCC1.Cc1cccc(C)c1CC(=O)C(C)Br.Cc1cccc(C)c1CC(=O)C(C)N1CCCCC1.Cc1cccc(C)c1CC(=O)C(C)[N+]1(C)CCCCC1.Cc1cccc(C)c1CC(=O)C(C)[N+]1(C)CCCCC1.[Cl-].[I-]. The lowest BCUT2D eigenvalue weighted by Gasteiger charge is -2.42. The summed E-state index contributed by atoms with van der Waals surface area (Å²) in [6, 6.07) is 25.3. The number of aryl methyl sites for hydroxylation is 8. The van der Waals surface area contributed by atoms with Crippen molar-refractivity contribution in [3.63, 3.8) is 0 Å². The number of halogens is 3. The Kier molecular flexibility index (Phi) is 34.2. The molecule has 0 spiro atoms. The molecule has 0 aromatic heterocycles. The predicted molar refractivity (Wildman–Crippen MR) is 338 cm³/mol. The molecule has 4 aromatic rings. The predicted octanol–water partition coefficient (Wildman–Crippen LogP) is 9.70. The molecule has 0 N–H and O–H groups in total. The Balaban J connectivity index is 0.000000355. The Morgan fingerprint density at radius 1 is 0.395 bits per heavy atom. The number of quaternary nitrogens is 2. The highest BCUT2D eigenvalue weighted by atomic mass is 127. The van der Waals surface area contributed by atoms with Gasteiger partial charge in [0.15, 0.2) is 23.1 Å². The third-order valence-corrected chi connectivity index (χ3v) is 19.3. The highest BCUT2D eigenvalue weighted by molar-refractivity contribution is 9.10. The molecule has 3 saturated heterocycles. The number of hydrogen-bond donors (Lipinski definition) is 0. The average Bonchev–Trinajstić information content (AvgIpc) is 3.44. The quantitative estimate of drug-likeness (QED) is 0.0674. The summed E-state index contributed by atoms with van der Waals surface area (Å²) in [6.07, 6.45) is 22.8. The van der Waals surface area contributed by atoms with Gasteiger partial charge in [-0.05, 0) is 214 Å². The molecule has 1 aliphatic carbocycles. The van der Waals surface area contributed by atoms with E-state index in [-0.39, 0.29) is 65.1 Å². The summed E-state index contributed by atoms with van der Waals surface area (Å²) in [7, 11) is 4.51. The molecule has 3 aliphatic heterocycles. The van der Waals surface area contributed by atoms with Crippen molar-refractivity contribution in [2.75, 3.05) is 53.4 Å². The van der Waals surface area contributed by atoms with Crippen LogP contribution in [0.5, 0.6) is 0 Å². The summed E-state index contributed by atoms with van der Waals surface area (Å²) in [5.74, 6) is 1.39. The first kappa shape index (κ1) is 74.0. The molecule has 1 saturated carbocycles. The van der Waals surface area contributed by atoms with Crippen LogP contribution in [0.15, 0.2) is 72.8 Å². The maximum atomic E-state index is 12.7. The van der Waals surface area contributed by atoms with Crippen LogP contribution >= 0.6 is 15.9 Å². The largest absolute Gasteiger partial charge is 1.00 e. The minimum Gasteiger partial charge on any atom is -1.00 e. The van der Waals surface area contributed by atoms with Crippen molar-refractivity contribution in [2.45, 2.75) is 228 Å². The molecule has 4 unspecified atom stereocenters. The van der Waals surface area contributed by atoms with E-state index in [0.29, 0.717) is 43.0 Å². The van der Waals surface area contributed by atoms with Crippen LogP contribution in [0.2, 0.25) is 0 Å². The van der Waals surface area contributed by atoms with E-state index in [1.165, 1.54) is 163 Å². The van der Waals surface area contributed by atoms with Crippen molar-refractivity contribution in [3.8, 4) is 0 Å². The topological polar surface area (TPSA) is 71.5 Å². The molecule has 4 aromatic carbocycles. The average molecular weight is 1310 g/mol. The first-order chi connectivity index (χ1) is 37.5. The first-order valence-corrected chi connectivity index (χ1v) is 31.8. The zero-order valence-electron chi connectivity index (χ0n) is 53.0. The number of nitrogens with zero attached hydrogens (tertiary/aromatic N) is 3. The number of carbonyl (C=O) groups excluding carboxylic acids is 4. The molecule has 4 fully saturated rings. The number of ketones is 4. The number of rotatable bonds is 15. The monoisotopic (exact) mass is 1310 g/mol. The van der Waals surface area contributed by atoms with E-state index >= 15 is 0 Å². The van der Waals surface area contributed by atoms with Gasteiger partial charge >= 0.3 is 0 Å². The van der Waals surface area contributed by atoms with Gasteiger partial charge in [-0.15, -0.1) is 0 Å². The van der Waals surface area contributed by atoms with Gasteiger partial charge in [0.1, 0.15) is 12.1 Å². The van der Waals surface area contributed by atoms with Crippen LogP contribution in [0.4, 0.5) is 0 Å².